The van der Waals surface area contributed by atoms with Gasteiger partial charge < -0.3 is 19.7 Å². The van der Waals surface area contributed by atoms with Crippen molar-refractivity contribution in [1.29, 1.82) is 0 Å². The van der Waals surface area contributed by atoms with Gasteiger partial charge >= 0.3 is 0 Å². The number of carbonyl (C=O) groups is 1. The molecule has 0 spiro atoms. The lowest BCUT2D eigenvalue weighted by molar-refractivity contribution is -0.136. The molecule has 5 nitrogen and oxygen atoms in total. The highest BCUT2D eigenvalue weighted by Crippen LogP contribution is 2.06. The van der Waals surface area contributed by atoms with Crippen molar-refractivity contribution in [2.24, 2.45) is 0 Å². The van der Waals surface area contributed by atoms with Gasteiger partial charge in [0.25, 0.3) is 0 Å². The molecular formula is C11H23ClN2O3. The summed E-state index contributed by atoms with van der Waals surface area (Å²) < 4.78 is 10.5. The van der Waals surface area contributed by atoms with E-state index in [2.05, 4.69) is 5.32 Å². The summed E-state index contributed by atoms with van der Waals surface area (Å²) in [7, 11) is 3.45. The molecule has 1 fully saturated rings. The maximum atomic E-state index is 11.9. The van der Waals surface area contributed by atoms with E-state index < -0.39 is 0 Å². The molecule has 1 N–H and O–H groups in total. The van der Waals surface area contributed by atoms with Crippen LogP contribution in [0, 0.1) is 0 Å². The Kier molecular flexibility index (Phi) is 8.51. The number of halogens is 1. The van der Waals surface area contributed by atoms with Crippen LogP contribution >= 0.6 is 12.4 Å². The van der Waals surface area contributed by atoms with Crippen molar-refractivity contribution in [3.63, 3.8) is 0 Å². The maximum absolute atomic E-state index is 11.9. The van der Waals surface area contributed by atoms with Crippen LogP contribution < -0.4 is 5.32 Å². The first-order valence-electron chi connectivity index (χ1n) is 5.72. The molecule has 6 heteroatoms. The summed E-state index contributed by atoms with van der Waals surface area (Å²) in [5, 5.41) is 3.21. The highest BCUT2D eigenvalue weighted by atomic mass is 35.5. The molecule has 2 atom stereocenters. The Morgan fingerprint density at radius 2 is 2.35 bits per heavy atom. The Balaban J connectivity index is 0.00000256. The van der Waals surface area contributed by atoms with Gasteiger partial charge in [-0.3, -0.25) is 4.79 Å². The van der Waals surface area contributed by atoms with Crippen LogP contribution in [-0.4, -0.2) is 63.4 Å². The van der Waals surface area contributed by atoms with E-state index in [0.717, 1.165) is 13.1 Å². The van der Waals surface area contributed by atoms with Gasteiger partial charge in [0, 0.05) is 27.2 Å². The molecule has 1 amide bonds. The molecule has 1 saturated heterocycles. The minimum atomic E-state index is 0. The summed E-state index contributed by atoms with van der Waals surface area (Å²) in [4.78, 5) is 13.6. The molecule has 2 unspecified atom stereocenters. The van der Waals surface area contributed by atoms with Gasteiger partial charge in [-0.2, -0.15) is 0 Å². The molecule has 0 aromatic rings. The number of likely N-dealkylation sites (N-methyl/N-ethyl adjacent to an activating group) is 1. The van der Waals surface area contributed by atoms with Crippen LogP contribution in [-0.2, 0) is 14.3 Å². The van der Waals surface area contributed by atoms with Crippen LogP contribution in [0.5, 0.6) is 0 Å². The van der Waals surface area contributed by atoms with Crippen molar-refractivity contribution in [3.8, 4) is 0 Å². The third-order valence-electron chi connectivity index (χ3n) is 2.87. The predicted molar refractivity (Wildman–Crippen MR) is 68.6 cm³/mol. The molecule has 0 bridgehead atoms. The van der Waals surface area contributed by atoms with Crippen LogP contribution in [0.15, 0.2) is 0 Å². The predicted octanol–water partition coefficient (Wildman–Crippen LogP) is 0.280. The van der Waals surface area contributed by atoms with Crippen molar-refractivity contribution in [3.05, 3.63) is 0 Å². The van der Waals surface area contributed by atoms with Crippen molar-refractivity contribution < 1.29 is 14.3 Å². The van der Waals surface area contributed by atoms with Gasteiger partial charge in [-0.05, 0) is 6.92 Å². The molecule has 1 aliphatic heterocycles. The number of rotatable bonds is 5. The lowest BCUT2D eigenvalue weighted by Gasteiger charge is -2.28. The number of morpholine rings is 1. The number of methoxy groups -OCH3 is 1. The van der Waals surface area contributed by atoms with E-state index in [1.807, 2.05) is 14.0 Å². The van der Waals surface area contributed by atoms with E-state index in [0.29, 0.717) is 19.6 Å². The fraction of sp³-hybridized carbons (Fsp3) is 0.909. The lowest BCUT2D eigenvalue weighted by atomic mass is 10.2. The normalized spacial score (nSPS) is 21.5. The number of hydrogen-bond donors (Lipinski definition) is 1. The lowest BCUT2D eigenvalue weighted by Crippen LogP contribution is -2.44. The fourth-order valence-corrected chi connectivity index (χ4v) is 1.69. The Bertz CT molecular complexity index is 223. The number of hydrogen-bond acceptors (Lipinski definition) is 4. The van der Waals surface area contributed by atoms with E-state index in [1.54, 1.807) is 12.0 Å². The molecule has 0 aromatic heterocycles. The molecule has 1 aliphatic rings. The van der Waals surface area contributed by atoms with Gasteiger partial charge in [-0.1, -0.05) is 0 Å². The van der Waals surface area contributed by atoms with E-state index in [-0.39, 0.29) is 30.5 Å². The highest BCUT2D eigenvalue weighted by molar-refractivity contribution is 5.85. The van der Waals surface area contributed by atoms with Crippen LogP contribution in [0.4, 0.5) is 0 Å². The monoisotopic (exact) mass is 266 g/mol. The Morgan fingerprint density at radius 3 is 2.88 bits per heavy atom. The van der Waals surface area contributed by atoms with Crippen LogP contribution in [0.3, 0.4) is 0 Å². The highest BCUT2D eigenvalue weighted by Gasteiger charge is 2.22. The van der Waals surface area contributed by atoms with Crippen LogP contribution in [0.25, 0.3) is 0 Å². The van der Waals surface area contributed by atoms with Crippen molar-refractivity contribution in [2.45, 2.75) is 25.5 Å². The average Bonchev–Trinajstić information content (AvgIpc) is 2.29. The summed E-state index contributed by atoms with van der Waals surface area (Å²) in [6.45, 7) is 4.86. The molecule has 17 heavy (non-hydrogen) atoms. The third-order valence-corrected chi connectivity index (χ3v) is 2.87. The maximum Gasteiger partial charge on any atom is 0.225 e. The van der Waals surface area contributed by atoms with Crippen molar-refractivity contribution >= 4 is 18.3 Å². The summed E-state index contributed by atoms with van der Waals surface area (Å²) in [5.74, 6) is 0.109. The van der Waals surface area contributed by atoms with Gasteiger partial charge in [0.15, 0.2) is 0 Å². The van der Waals surface area contributed by atoms with Crippen LogP contribution in [0.1, 0.15) is 13.3 Å². The molecule has 0 saturated carbocycles. The minimum absolute atomic E-state index is 0. The number of ether oxygens (including phenoxy) is 2. The van der Waals surface area contributed by atoms with E-state index in [4.69, 9.17) is 9.47 Å². The average molecular weight is 267 g/mol. The Hall–Kier alpha value is -0.360. The Labute approximate surface area is 109 Å². The fourth-order valence-electron chi connectivity index (χ4n) is 1.69. The SMILES string of the molecule is COCC(C)N(C)C(=O)CC1CNCCO1.Cl. The molecule has 102 valence electrons. The summed E-state index contributed by atoms with van der Waals surface area (Å²) >= 11 is 0. The van der Waals surface area contributed by atoms with E-state index >= 15 is 0 Å². The molecule has 0 aromatic carbocycles. The van der Waals surface area contributed by atoms with Gasteiger partial charge in [-0.15, -0.1) is 12.4 Å². The second-order valence-corrected chi connectivity index (χ2v) is 4.21. The second-order valence-electron chi connectivity index (χ2n) is 4.21. The first-order valence-corrected chi connectivity index (χ1v) is 5.72. The largest absolute Gasteiger partial charge is 0.383 e. The van der Waals surface area contributed by atoms with Gasteiger partial charge in [0.05, 0.1) is 31.8 Å². The number of nitrogens with one attached hydrogen (secondary N) is 1. The molecule has 0 aliphatic carbocycles. The van der Waals surface area contributed by atoms with Gasteiger partial charge in [0.1, 0.15) is 0 Å². The zero-order valence-corrected chi connectivity index (χ0v) is 11.6. The molecule has 1 heterocycles. The summed E-state index contributed by atoms with van der Waals surface area (Å²) in [5.41, 5.74) is 0. The van der Waals surface area contributed by atoms with Crippen molar-refractivity contribution in [1.82, 2.24) is 10.2 Å². The summed E-state index contributed by atoms with van der Waals surface area (Å²) in [6.07, 6.45) is 0.454. The van der Waals surface area contributed by atoms with Gasteiger partial charge in [-0.25, -0.2) is 0 Å². The van der Waals surface area contributed by atoms with E-state index in [9.17, 15) is 4.79 Å². The van der Waals surface area contributed by atoms with Crippen LogP contribution in [0.2, 0.25) is 0 Å². The molecular weight excluding hydrogens is 244 g/mol. The van der Waals surface area contributed by atoms with Gasteiger partial charge in [0.2, 0.25) is 5.91 Å². The summed E-state index contributed by atoms with van der Waals surface area (Å²) in [6, 6.07) is 0.106. The molecule has 0 radical (unpaired) electrons. The standard InChI is InChI=1S/C11H22N2O3.ClH/c1-9(8-15-3)13(2)11(14)6-10-7-12-4-5-16-10;/h9-10,12H,4-8H2,1-3H3;1H. The topological polar surface area (TPSA) is 50.8 Å². The Morgan fingerprint density at radius 1 is 1.65 bits per heavy atom. The van der Waals surface area contributed by atoms with E-state index in [1.165, 1.54) is 0 Å². The number of nitrogens with zero attached hydrogens (tertiary/aromatic N) is 1. The molecule has 1 rings (SSSR count). The number of amides is 1. The first-order chi connectivity index (χ1) is 7.65. The quantitative estimate of drug-likeness (QED) is 0.777. The minimum Gasteiger partial charge on any atom is -0.383 e. The zero-order valence-electron chi connectivity index (χ0n) is 10.8. The third kappa shape index (κ3) is 5.68. The number of carbonyl (C=O) groups excluding carboxylic acids is 1. The smallest absolute Gasteiger partial charge is 0.225 e. The zero-order chi connectivity index (χ0) is 12.0. The van der Waals surface area contributed by atoms with Crippen molar-refractivity contribution in [2.75, 3.05) is 40.5 Å². The first kappa shape index (κ1) is 16.6. The second kappa shape index (κ2) is 8.69.